The zero-order chi connectivity index (χ0) is 13.4. The van der Waals surface area contributed by atoms with Gasteiger partial charge in [0, 0.05) is 24.4 Å². The van der Waals surface area contributed by atoms with Gasteiger partial charge in [0.2, 0.25) is 0 Å². The van der Waals surface area contributed by atoms with E-state index >= 15 is 0 Å². The van der Waals surface area contributed by atoms with Crippen LogP contribution in [0.4, 0.5) is 0 Å². The molecular weight excluding hydrogens is 260 g/mol. The van der Waals surface area contributed by atoms with E-state index < -0.39 is 0 Å². The molecule has 5 heteroatoms. The van der Waals surface area contributed by atoms with Crippen molar-refractivity contribution < 1.29 is 9.90 Å². The highest BCUT2D eigenvalue weighted by atomic mass is 32.1. The van der Waals surface area contributed by atoms with E-state index in [1.165, 1.54) is 12.8 Å². The maximum Gasteiger partial charge on any atom is 0.273 e. The van der Waals surface area contributed by atoms with Crippen LogP contribution in [0, 0.1) is 5.92 Å². The molecule has 2 fully saturated rings. The number of piperidine rings is 1. The normalized spacial score (nSPS) is 22.5. The van der Waals surface area contributed by atoms with Crippen LogP contribution in [-0.4, -0.2) is 40.1 Å². The molecule has 1 aromatic heterocycles. The molecule has 0 bridgehead atoms. The van der Waals surface area contributed by atoms with Gasteiger partial charge in [-0.15, -0.1) is 11.3 Å². The van der Waals surface area contributed by atoms with E-state index in [1.807, 2.05) is 17.2 Å². The van der Waals surface area contributed by atoms with Crippen LogP contribution in [0.25, 0.3) is 0 Å². The van der Waals surface area contributed by atoms with Gasteiger partial charge in [0.05, 0.1) is 11.1 Å². The third kappa shape index (κ3) is 2.82. The number of hydrogen-bond acceptors (Lipinski definition) is 4. The number of carbonyl (C=O) groups excluding carboxylic acids is 1. The summed E-state index contributed by atoms with van der Waals surface area (Å²) >= 11 is 1.62. The maximum atomic E-state index is 12.3. The maximum absolute atomic E-state index is 12.3. The van der Waals surface area contributed by atoms with Crippen LogP contribution >= 0.6 is 11.3 Å². The Kier molecular flexibility index (Phi) is 3.58. The fraction of sp³-hybridized carbons (Fsp3) is 0.714. The molecule has 2 aliphatic rings. The minimum atomic E-state index is -0.266. The van der Waals surface area contributed by atoms with Crippen LogP contribution in [0.5, 0.6) is 0 Å². The first-order valence-electron chi connectivity index (χ1n) is 7.08. The largest absolute Gasteiger partial charge is 0.393 e. The third-order valence-electron chi connectivity index (χ3n) is 4.18. The van der Waals surface area contributed by atoms with Crippen molar-refractivity contribution >= 4 is 17.2 Å². The molecule has 1 N–H and O–H groups in total. The van der Waals surface area contributed by atoms with E-state index in [9.17, 15) is 9.90 Å². The number of thiazole rings is 1. The van der Waals surface area contributed by atoms with Gasteiger partial charge in [-0.3, -0.25) is 4.79 Å². The van der Waals surface area contributed by atoms with Crippen molar-refractivity contribution in [2.24, 2.45) is 5.92 Å². The number of aromatic nitrogens is 1. The molecule has 0 radical (unpaired) electrons. The summed E-state index contributed by atoms with van der Waals surface area (Å²) in [5.41, 5.74) is 0.613. The number of hydrogen-bond donors (Lipinski definition) is 1. The number of likely N-dealkylation sites (tertiary alicyclic amines) is 1. The Labute approximate surface area is 117 Å². The second kappa shape index (κ2) is 5.21. The van der Waals surface area contributed by atoms with Crippen LogP contribution < -0.4 is 0 Å². The molecule has 1 saturated carbocycles. The summed E-state index contributed by atoms with van der Waals surface area (Å²) in [5, 5.41) is 12.6. The van der Waals surface area contributed by atoms with E-state index in [-0.39, 0.29) is 12.0 Å². The molecular formula is C14H20N2O2S. The topological polar surface area (TPSA) is 53.4 Å². The number of aliphatic hydroxyl groups is 1. The molecule has 1 aromatic rings. The van der Waals surface area contributed by atoms with Gasteiger partial charge in [-0.2, -0.15) is 0 Å². The predicted molar refractivity (Wildman–Crippen MR) is 74.4 cm³/mol. The molecule has 1 aliphatic carbocycles. The Bertz CT molecular complexity index is 460. The van der Waals surface area contributed by atoms with Gasteiger partial charge in [0.1, 0.15) is 5.69 Å². The lowest BCUT2D eigenvalue weighted by Crippen LogP contribution is -2.40. The van der Waals surface area contributed by atoms with Crippen LogP contribution in [0.15, 0.2) is 5.38 Å². The minimum Gasteiger partial charge on any atom is -0.393 e. The summed E-state index contributed by atoms with van der Waals surface area (Å²) < 4.78 is 0. The van der Waals surface area contributed by atoms with Gasteiger partial charge in [-0.1, -0.05) is 0 Å². The summed E-state index contributed by atoms with van der Waals surface area (Å²) in [7, 11) is 0. The van der Waals surface area contributed by atoms with Crippen molar-refractivity contribution in [3.8, 4) is 0 Å². The molecule has 3 rings (SSSR count). The highest BCUT2D eigenvalue weighted by Crippen LogP contribution is 2.41. The second-order valence-corrected chi connectivity index (χ2v) is 6.61. The smallest absolute Gasteiger partial charge is 0.273 e. The number of nitrogens with zero attached hydrogens (tertiary/aromatic N) is 2. The van der Waals surface area contributed by atoms with Crippen molar-refractivity contribution in [1.82, 2.24) is 9.88 Å². The number of amides is 1. The first-order valence-corrected chi connectivity index (χ1v) is 7.96. The average molecular weight is 280 g/mol. The minimum absolute atomic E-state index is 0.0622. The molecule has 1 atom stereocenters. The highest BCUT2D eigenvalue weighted by molar-refractivity contribution is 7.10. The standard InChI is InChI=1S/C14H20N2O2S/c1-9(17)10-4-6-16(7-5-10)14(18)12-8-19-13(15-12)11-2-3-11/h8-11,17H,2-7H2,1H3. The molecule has 1 amide bonds. The molecule has 19 heavy (non-hydrogen) atoms. The summed E-state index contributed by atoms with van der Waals surface area (Å²) in [5.74, 6) is 1.02. The van der Waals surface area contributed by atoms with Gasteiger partial charge in [-0.05, 0) is 38.5 Å². The van der Waals surface area contributed by atoms with Crippen molar-refractivity contribution in [2.45, 2.75) is 44.6 Å². The Balaban J connectivity index is 1.61. The lowest BCUT2D eigenvalue weighted by atomic mass is 9.92. The summed E-state index contributed by atoms with van der Waals surface area (Å²) in [6.45, 7) is 3.32. The van der Waals surface area contributed by atoms with Crippen molar-refractivity contribution in [1.29, 1.82) is 0 Å². The molecule has 1 unspecified atom stereocenters. The SMILES string of the molecule is CC(O)C1CCN(C(=O)c2csc(C3CC3)n2)CC1. The molecule has 0 spiro atoms. The number of carbonyl (C=O) groups is 1. The predicted octanol–water partition coefficient (Wildman–Crippen LogP) is 2.25. The molecule has 1 aliphatic heterocycles. The van der Waals surface area contributed by atoms with Crippen LogP contribution in [0.3, 0.4) is 0 Å². The van der Waals surface area contributed by atoms with Crippen molar-refractivity contribution in [3.63, 3.8) is 0 Å². The van der Waals surface area contributed by atoms with Crippen LogP contribution in [0.2, 0.25) is 0 Å². The van der Waals surface area contributed by atoms with Gasteiger partial charge < -0.3 is 10.0 Å². The molecule has 2 heterocycles. The van der Waals surface area contributed by atoms with Crippen LogP contribution in [-0.2, 0) is 0 Å². The Morgan fingerprint density at radius 3 is 2.68 bits per heavy atom. The monoisotopic (exact) mass is 280 g/mol. The quantitative estimate of drug-likeness (QED) is 0.924. The van der Waals surface area contributed by atoms with Crippen molar-refractivity contribution in [2.75, 3.05) is 13.1 Å². The lowest BCUT2D eigenvalue weighted by molar-refractivity contribution is 0.0517. The average Bonchev–Trinajstić information content (AvgIpc) is 3.16. The van der Waals surface area contributed by atoms with Crippen LogP contribution in [0.1, 0.15) is 54.0 Å². The number of rotatable bonds is 3. The highest BCUT2D eigenvalue weighted by Gasteiger charge is 2.30. The van der Waals surface area contributed by atoms with Crippen molar-refractivity contribution in [3.05, 3.63) is 16.1 Å². The van der Waals surface area contributed by atoms with Gasteiger partial charge in [0.25, 0.3) is 5.91 Å². The zero-order valence-electron chi connectivity index (χ0n) is 11.2. The Hall–Kier alpha value is -0.940. The summed E-state index contributed by atoms with van der Waals surface area (Å²) in [4.78, 5) is 18.7. The lowest BCUT2D eigenvalue weighted by Gasteiger charge is -2.32. The van der Waals surface area contributed by atoms with E-state index in [1.54, 1.807) is 11.3 Å². The van der Waals surface area contributed by atoms with Gasteiger partial charge in [-0.25, -0.2) is 4.98 Å². The van der Waals surface area contributed by atoms with Gasteiger partial charge >= 0.3 is 0 Å². The fourth-order valence-corrected chi connectivity index (χ4v) is 3.62. The third-order valence-corrected chi connectivity index (χ3v) is 5.18. The zero-order valence-corrected chi connectivity index (χ0v) is 12.0. The fourth-order valence-electron chi connectivity index (χ4n) is 2.65. The summed E-state index contributed by atoms with van der Waals surface area (Å²) in [6.07, 6.45) is 3.96. The molecule has 4 nitrogen and oxygen atoms in total. The summed E-state index contributed by atoms with van der Waals surface area (Å²) in [6, 6.07) is 0. The van der Waals surface area contributed by atoms with E-state index in [4.69, 9.17) is 0 Å². The first kappa shape index (κ1) is 13.1. The second-order valence-electron chi connectivity index (χ2n) is 5.72. The van der Waals surface area contributed by atoms with E-state index in [0.29, 0.717) is 17.5 Å². The molecule has 104 valence electrons. The Morgan fingerprint density at radius 2 is 2.11 bits per heavy atom. The molecule has 1 saturated heterocycles. The first-order chi connectivity index (χ1) is 9.15. The van der Waals surface area contributed by atoms with E-state index in [0.717, 1.165) is 30.9 Å². The molecule has 0 aromatic carbocycles. The van der Waals surface area contributed by atoms with Gasteiger partial charge in [0.15, 0.2) is 0 Å². The Morgan fingerprint density at radius 1 is 1.42 bits per heavy atom. The number of aliphatic hydroxyl groups excluding tert-OH is 1. The van der Waals surface area contributed by atoms with E-state index in [2.05, 4.69) is 4.98 Å².